The van der Waals surface area contributed by atoms with Crippen LogP contribution in [-0.2, 0) is 6.67 Å². The van der Waals surface area contributed by atoms with Crippen molar-refractivity contribution in [3.63, 3.8) is 0 Å². The number of likely N-dealkylation sites (tertiary alicyclic amines) is 1. The monoisotopic (exact) mass is 419 g/mol. The SMILES string of the molecule is Cc1ccc(-n2cnn(CN3CCC(c4nc5ccccc5o4)CC3)c2=S)c(C)c1. The fraction of sp³-hybridized carbons (Fsp3) is 0.348. The zero-order valence-corrected chi connectivity index (χ0v) is 18.1. The molecule has 1 aliphatic heterocycles. The highest BCUT2D eigenvalue weighted by Crippen LogP contribution is 2.30. The van der Waals surface area contributed by atoms with Gasteiger partial charge in [0.2, 0.25) is 4.77 Å². The number of oxazole rings is 1. The lowest BCUT2D eigenvalue weighted by Gasteiger charge is -2.30. The van der Waals surface area contributed by atoms with Crippen LogP contribution in [0.25, 0.3) is 16.8 Å². The molecule has 0 unspecified atom stereocenters. The summed E-state index contributed by atoms with van der Waals surface area (Å²) in [5, 5.41) is 4.56. The first-order chi connectivity index (χ1) is 14.6. The molecule has 3 heterocycles. The van der Waals surface area contributed by atoms with Gasteiger partial charge in [-0.05, 0) is 62.7 Å². The zero-order chi connectivity index (χ0) is 20.7. The smallest absolute Gasteiger partial charge is 0.203 e. The number of hydrogen-bond acceptors (Lipinski definition) is 5. The Hall–Kier alpha value is -2.77. The molecule has 2 aromatic carbocycles. The molecule has 0 bridgehead atoms. The average molecular weight is 420 g/mol. The Kier molecular flexibility index (Phi) is 5.00. The van der Waals surface area contributed by atoms with Crippen LogP contribution in [0.2, 0.25) is 0 Å². The van der Waals surface area contributed by atoms with Crippen molar-refractivity contribution in [1.29, 1.82) is 0 Å². The fourth-order valence-electron chi connectivity index (χ4n) is 4.25. The Morgan fingerprint density at radius 3 is 2.67 bits per heavy atom. The van der Waals surface area contributed by atoms with Gasteiger partial charge in [0.15, 0.2) is 11.5 Å². The zero-order valence-electron chi connectivity index (χ0n) is 17.3. The molecule has 30 heavy (non-hydrogen) atoms. The van der Waals surface area contributed by atoms with Crippen molar-refractivity contribution in [2.45, 2.75) is 39.3 Å². The summed E-state index contributed by atoms with van der Waals surface area (Å²) in [6.45, 7) is 6.86. The number of fused-ring (bicyclic) bond motifs is 1. The molecule has 1 aliphatic rings. The van der Waals surface area contributed by atoms with Crippen LogP contribution in [0.1, 0.15) is 35.8 Å². The minimum Gasteiger partial charge on any atom is -0.440 e. The summed E-state index contributed by atoms with van der Waals surface area (Å²) in [5.41, 5.74) is 5.35. The van der Waals surface area contributed by atoms with E-state index in [4.69, 9.17) is 16.6 Å². The van der Waals surface area contributed by atoms with E-state index in [1.54, 1.807) is 0 Å². The van der Waals surface area contributed by atoms with Crippen molar-refractivity contribution >= 4 is 23.3 Å². The second-order valence-corrected chi connectivity index (χ2v) is 8.49. The lowest BCUT2D eigenvalue weighted by molar-refractivity contribution is 0.153. The Morgan fingerprint density at radius 1 is 1.10 bits per heavy atom. The number of aryl methyl sites for hydroxylation is 2. The maximum atomic E-state index is 5.98. The molecule has 154 valence electrons. The molecular formula is C23H25N5OS. The highest BCUT2D eigenvalue weighted by Gasteiger charge is 2.25. The number of benzene rings is 2. The van der Waals surface area contributed by atoms with Crippen LogP contribution in [0.4, 0.5) is 0 Å². The van der Waals surface area contributed by atoms with Crippen LogP contribution in [0.15, 0.2) is 53.2 Å². The maximum absolute atomic E-state index is 5.98. The summed E-state index contributed by atoms with van der Waals surface area (Å²) in [7, 11) is 0. The van der Waals surface area contributed by atoms with Gasteiger partial charge in [-0.25, -0.2) is 9.67 Å². The van der Waals surface area contributed by atoms with Gasteiger partial charge >= 0.3 is 0 Å². The molecular weight excluding hydrogens is 394 g/mol. The molecule has 0 spiro atoms. The first-order valence-electron chi connectivity index (χ1n) is 10.4. The minimum absolute atomic E-state index is 0.370. The Morgan fingerprint density at radius 2 is 1.90 bits per heavy atom. The van der Waals surface area contributed by atoms with Crippen LogP contribution in [0, 0.1) is 18.6 Å². The van der Waals surface area contributed by atoms with Crippen molar-refractivity contribution < 1.29 is 4.42 Å². The molecule has 0 amide bonds. The van der Waals surface area contributed by atoms with Crippen molar-refractivity contribution in [3.8, 4) is 5.69 Å². The van der Waals surface area contributed by atoms with E-state index in [1.807, 2.05) is 39.8 Å². The normalized spacial score (nSPS) is 15.8. The number of piperidine rings is 1. The van der Waals surface area contributed by atoms with E-state index >= 15 is 0 Å². The Bertz CT molecular complexity index is 1210. The number of para-hydroxylation sites is 2. The second kappa shape index (κ2) is 7.81. The lowest BCUT2D eigenvalue weighted by Crippen LogP contribution is -2.35. The van der Waals surface area contributed by atoms with E-state index in [2.05, 4.69) is 47.0 Å². The Labute approximate surface area is 180 Å². The highest BCUT2D eigenvalue weighted by atomic mass is 32.1. The molecule has 6 nitrogen and oxygen atoms in total. The predicted molar refractivity (Wildman–Crippen MR) is 119 cm³/mol. The van der Waals surface area contributed by atoms with Crippen molar-refractivity contribution in [2.24, 2.45) is 0 Å². The predicted octanol–water partition coefficient (Wildman–Crippen LogP) is 5.00. The van der Waals surface area contributed by atoms with Gasteiger partial charge in [0.05, 0.1) is 12.4 Å². The number of hydrogen-bond donors (Lipinski definition) is 0. The van der Waals surface area contributed by atoms with Crippen LogP contribution in [0.5, 0.6) is 0 Å². The molecule has 0 N–H and O–H groups in total. The molecule has 5 rings (SSSR count). The number of nitrogens with zero attached hydrogens (tertiary/aromatic N) is 5. The van der Waals surface area contributed by atoms with Crippen LogP contribution >= 0.6 is 12.2 Å². The van der Waals surface area contributed by atoms with E-state index in [9.17, 15) is 0 Å². The molecule has 1 fully saturated rings. The minimum atomic E-state index is 0.370. The van der Waals surface area contributed by atoms with Gasteiger partial charge in [-0.3, -0.25) is 9.47 Å². The van der Waals surface area contributed by atoms with Crippen molar-refractivity contribution in [2.75, 3.05) is 13.1 Å². The van der Waals surface area contributed by atoms with Gasteiger partial charge in [-0.2, -0.15) is 5.10 Å². The third kappa shape index (κ3) is 3.59. The summed E-state index contributed by atoms with van der Waals surface area (Å²) in [6.07, 6.45) is 3.88. The third-order valence-corrected chi connectivity index (χ3v) is 6.33. The summed E-state index contributed by atoms with van der Waals surface area (Å²) in [6, 6.07) is 14.4. The van der Waals surface area contributed by atoms with Gasteiger partial charge in [0.1, 0.15) is 11.8 Å². The van der Waals surface area contributed by atoms with Gasteiger partial charge in [-0.1, -0.05) is 29.8 Å². The van der Waals surface area contributed by atoms with Crippen LogP contribution < -0.4 is 0 Å². The van der Waals surface area contributed by atoms with Gasteiger partial charge < -0.3 is 4.42 Å². The van der Waals surface area contributed by atoms with Gasteiger partial charge in [0.25, 0.3) is 0 Å². The first-order valence-corrected chi connectivity index (χ1v) is 10.8. The first kappa shape index (κ1) is 19.2. The molecule has 4 aromatic rings. The molecule has 2 aromatic heterocycles. The topological polar surface area (TPSA) is 52.0 Å². The quantitative estimate of drug-likeness (QED) is 0.436. The molecule has 0 aliphatic carbocycles. The largest absolute Gasteiger partial charge is 0.440 e. The third-order valence-electron chi connectivity index (χ3n) is 5.93. The standard InChI is InChI=1S/C23H25N5OS/c1-16-7-8-20(17(2)13-16)27-14-24-28(23(27)30)15-26-11-9-18(10-12-26)22-25-19-5-3-4-6-21(19)29-22/h3-8,13-14,18H,9-12,15H2,1-2H3. The molecule has 1 saturated heterocycles. The number of aromatic nitrogens is 4. The molecule has 0 radical (unpaired) electrons. The highest BCUT2D eigenvalue weighted by molar-refractivity contribution is 7.71. The van der Waals surface area contributed by atoms with E-state index < -0.39 is 0 Å². The summed E-state index contributed by atoms with van der Waals surface area (Å²) >= 11 is 5.72. The van der Waals surface area contributed by atoms with Crippen molar-refractivity contribution in [3.05, 3.63) is 70.6 Å². The van der Waals surface area contributed by atoms with E-state index in [1.165, 1.54) is 11.1 Å². The van der Waals surface area contributed by atoms with Gasteiger partial charge in [-0.15, -0.1) is 0 Å². The van der Waals surface area contributed by atoms with Crippen LogP contribution in [-0.4, -0.2) is 37.3 Å². The average Bonchev–Trinajstić information content (AvgIpc) is 3.33. The second-order valence-electron chi connectivity index (χ2n) is 8.13. The molecule has 0 saturated carbocycles. The van der Waals surface area contributed by atoms with Crippen LogP contribution in [0.3, 0.4) is 0 Å². The summed E-state index contributed by atoms with van der Waals surface area (Å²) in [5.74, 6) is 1.24. The lowest BCUT2D eigenvalue weighted by atomic mass is 9.97. The van der Waals surface area contributed by atoms with Crippen molar-refractivity contribution in [1.82, 2.24) is 24.2 Å². The van der Waals surface area contributed by atoms with E-state index in [0.29, 0.717) is 12.6 Å². The maximum Gasteiger partial charge on any atom is 0.203 e. The summed E-state index contributed by atoms with van der Waals surface area (Å²) < 4.78 is 10.6. The molecule has 7 heteroatoms. The van der Waals surface area contributed by atoms with Gasteiger partial charge in [0, 0.05) is 19.0 Å². The van der Waals surface area contributed by atoms with E-state index in [-0.39, 0.29) is 0 Å². The Balaban J connectivity index is 1.27. The summed E-state index contributed by atoms with van der Waals surface area (Å²) in [4.78, 5) is 7.09. The number of rotatable bonds is 4. The van der Waals surface area contributed by atoms with E-state index in [0.717, 1.165) is 53.4 Å². The fourth-order valence-corrected chi connectivity index (χ4v) is 4.50. The molecule has 0 atom stereocenters.